The summed E-state index contributed by atoms with van der Waals surface area (Å²) in [5.74, 6) is 6.42. The van der Waals surface area contributed by atoms with E-state index >= 15 is 0 Å². The molecule has 104 valence electrons. The van der Waals surface area contributed by atoms with Crippen molar-refractivity contribution in [3.63, 3.8) is 0 Å². The lowest BCUT2D eigenvalue weighted by Crippen LogP contribution is -2.30. The van der Waals surface area contributed by atoms with E-state index in [0.29, 0.717) is 24.9 Å². The summed E-state index contributed by atoms with van der Waals surface area (Å²) >= 11 is 0. The smallest absolute Gasteiger partial charge is 0.246 e. The summed E-state index contributed by atoms with van der Waals surface area (Å²) in [4.78, 5) is 7.84. The number of nitrogens with one attached hydrogen (secondary N) is 1. The highest BCUT2D eigenvalue weighted by atomic mass is 32.2. The van der Waals surface area contributed by atoms with Crippen LogP contribution in [0.5, 0.6) is 0 Å². The molecule has 3 rings (SSSR count). The minimum atomic E-state index is -3.47. The second-order valence-electron chi connectivity index (χ2n) is 5.16. The SMILES string of the molecule is NNc1ncc(S(=O)(=O)N2CC3CCCC3C2)cn1. The van der Waals surface area contributed by atoms with E-state index < -0.39 is 10.0 Å². The molecule has 1 saturated carbocycles. The van der Waals surface area contributed by atoms with Crippen molar-refractivity contribution in [2.24, 2.45) is 17.7 Å². The molecule has 1 saturated heterocycles. The molecule has 0 amide bonds. The van der Waals surface area contributed by atoms with Crippen LogP contribution < -0.4 is 11.3 Å². The van der Waals surface area contributed by atoms with E-state index in [1.54, 1.807) is 4.31 Å². The first kappa shape index (κ1) is 12.8. The fraction of sp³-hybridized carbons (Fsp3) is 0.636. The summed E-state index contributed by atoms with van der Waals surface area (Å²) in [5, 5.41) is 0. The predicted octanol–water partition coefficient (Wildman–Crippen LogP) is 0.183. The lowest BCUT2D eigenvalue weighted by atomic mass is 10.0. The molecule has 8 heteroatoms. The lowest BCUT2D eigenvalue weighted by Gasteiger charge is -2.16. The van der Waals surface area contributed by atoms with Gasteiger partial charge in [0.05, 0.1) is 12.4 Å². The van der Waals surface area contributed by atoms with Crippen LogP contribution in [0, 0.1) is 11.8 Å². The fourth-order valence-electron chi connectivity index (χ4n) is 3.06. The Morgan fingerprint density at radius 1 is 1.21 bits per heavy atom. The highest BCUT2D eigenvalue weighted by Gasteiger charge is 2.41. The molecule has 0 bridgehead atoms. The van der Waals surface area contributed by atoms with Crippen LogP contribution in [-0.2, 0) is 10.0 Å². The molecule has 2 aliphatic rings. The Hall–Kier alpha value is -1.25. The van der Waals surface area contributed by atoms with Gasteiger partial charge in [-0.05, 0) is 24.7 Å². The van der Waals surface area contributed by atoms with Crippen LogP contribution in [0.4, 0.5) is 5.95 Å². The summed E-state index contributed by atoms with van der Waals surface area (Å²) in [6, 6.07) is 0. The maximum Gasteiger partial charge on any atom is 0.246 e. The van der Waals surface area contributed by atoms with Crippen LogP contribution >= 0.6 is 0 Å². The maximum absolute atomic E-state index is 12.5. The number of fused-ring (bicyclic) bond motifs is 1. The normalized spacial score (nSPS) is 27.4. The van der Waals surface area contributed by atoms with Crippen molar-refractivity contribution in [3.05, 3.63) is 12.4 Å². The van der Waals surface area contributed by atoms with Crippen LogP contribution in [0.15, 0.2) is 17.3 Å². The van der Waals surface area contributed by atoms with Gasteiger partial charge in [-0.15, -0.1) is 0 Å². The quantitative estimate of drug-likeness (QED) is 0.606. The van der Waals surface area contributed by atoms with Crippen LogP contribution in [0.25, 0.3) is 0 Å². The van der Waals surface area contributed by atoms with E-state index in [-0.39, 0.29) is 10.8 Å². The molecular weight excluding hydrogens is 266 g/mol. The van der Waals surface area contributed by atoms with Gasteiger partial charge in [-0.2, -0.15) is 4.31 Å². The van der Waals surface area contributed by atoms with Crippen molar-refractivity contribution in [1.82, 2.24) is 14.3 Å². The van der Waals surface area contributed by atoms with Gasteiger partial charge in [0, 0.05) is 13.1 Å². The molecule has 2 unspecified atom stereocenters. The van der Waals surface area contributed by atoms with Gasteiger partial charge in [-0.1, -0.05) is 6.42 Å². The van der Waals surface area contributed by atoms with Crippen molar-refractivity contribution in [2.75, 3.05) is 18.5 Å². The topological polar surface area (TPSA) is 101 Å². The second kappa shape index (κ2) is 4.69. The molecule has 1 aliphatic heterocycles. The third-order valence-corrected chi connectivity index (χ3v) is 5.87. The standard InChI is InChI=1S/C11H17N5O2S/c12-15-11-13-4-10(5-14-11)19(17,18)16-6-8-2-1-3-9(8)7-16/h4-5,8-9H,1-3,6-7,12H2,(H,13,14,15). The zero-order valence-electron chi connectivity index (χ0n) is 10.5. The Labute approximate surface area is 112 Å². The number of rotatable bonds is 3. The molecule has 2 heterocycles. The largest absolute Gasteiger partial charge is 0.292 e. The van der Waals surface area contributed by atoms with Gasteiger partial charge in [0.15, 0.2) is 0 Å². The molecular formula is C11H17N5O2S. The zero-order chi connectivity index (χ0) is 13.5. The highest BCUT2D eigenvalue weighted by Crippen LogP contribution is 2.39. The summed E-state index contributed by atoms with van der Waals surface area (Å²) in [6.45, 7) is 1.26. The Balaban J connectivity index is 1.82. The molecule has 2 atom stereocenters. The van der Waals surface area contributed by atoms with E-state index in [1.807, 2.05) is 0 Å². The Morgan fingerprint density at radius 3 is 2.32 bits per heavy atom. The molecule has 0 radical (unpaired) electrons. The molecule has 1 aliphatic carbocycles. The maximum atomic E-state index is 12.5. The first-order chi connectivity index (χ1) is 9.11. The van der Waals surface area contributed by atoms with E-state index in [2.05, 4.69) is 15.4 Å². The van der Waals surface area contributed by atoms with Gasteiger partial charge >= 0.3 is 0 Å². The van der Waals surface area contributed by atoms with Crippen LogP contribution in [0.1, 0.15) is 19.3 Å². The highest BCUT2D eigenvalue weighted by molar-refractivity contribution is 7.89. The monoisotopic (exact) mass is 283 g/mol. The second-order valence-corrected chi connectivity index (χ2v) is 7.10. The van der Waals surface area contributed by atoms with Crippen molar-refractivity contribution < 1.29 is 8.42 Å². The van der Waals surface area contributed by atoms with Crippen molar-refractivity contribution in [3.8, 4) is 0 Å². The van der Waals surface area contributed by atoms with Gasteiger partial charge in [-0.25, -0.2) is 24.2 Å². The van der Waals surface area contributed by atoms with E-state index in [9.17, 15) is 8.42 Å². The lowest BCUT2D eigenvalue weighted by molar-refractivity contribution is 0.445. The predicted molar refractivity (Wildman–Crippen MR) is 69.4 cm³/mol. The van der Waals surface area contributed by atoms with Gasteiger partial charge in [0.1, 0.15) is 4.90 Å². The Kier molecular flexibility index (Phi) is 3.15. The summed E-state index contributed by atoms with van der Waals surface area (Å²) in [6.07, 6.45) is 6.10. The Morgan fingerprint density at radius 2 is 1.79 bits per heavy atom. The van der Waals surface area contributed by atoms with Crippen LogP contribution in [0.3, 0.4) is 0 Å². The van der Waals surface area contributed by atoms with E-state index in [0.717, 1.165) is 12.8 Å². The molecule has 0 aromatic carbocycles. The van der Waals surface area contributed by atoms with Gasteiger partial charge in [-0.3, -0.25) is 5.43 Å². The minimum Gasteiger partial charge on any atom is -0.292 e. The first-order valence-corrected chi connectivity index (χ1v) is 7.84. The number of sulfonamides is 1. The number of aromatic nitrogens is 2. The molecule has 3 N–H and O–H groups in total. The summed E-state index contributed by atoms with van der Waals surface area (Å²) in [7, 11) is -3.47. The average molecular weight is 283 g/mol. The molecule has 7 nitrogen and oxygen atoms in total. The van der Waals surface area contributed by atoms with Gasteiger partial charge < -0.3 is 0 Å². The third-order valence-electron chi connectivity index (χ3n) is 4.09. The molecule has 0 spiro atoms. The molecule has 1 aromatic rings. The third kappa shape index (κ3) is 2.19. The number of nitrogens with zero attached hydrogens (tertiary/aromatic N) is 3. The molecule has 19 heavy (non-hydrogen) atoms. The fourth-order valence-corrected chi connectivity index (χ4v) is 4.51. The van der Waals surface area contributed by atoms with Gasteiger partial charge in [0.25, 0.3) is 0 Å². The van der Waals surface area contributed by atoms with Crippen molar-refractivity contribution in [1.29, 1.82) is 0 Å². The summed E-state index contributed by atoms with van der Waals surface area (Å²) < 4.78 is 26.5. The average Bonchev–Trinajstić information content (AvgIpc) is 2.99. The van der Waals surface area contributed by atoms with Gasteiger partial charge in [0.2, 0.25) is 16.0 Å². The zero-order valence-corrected chi connectivity index (χ0v) is 11.3. The number of nitrogens with two attached hydrogens (primary N) is 1. The molecule has 1 aromatic heterocycles. The number of nitrogen functional groups attached to an aromatic ring is 1. The van der Waals surface area contributed by atoms with E-state index in [1.165, 1.54) is 18.8 Å². The number of hydrogen-bond acceptors (Lipinski definition) is 6. The number of hydrazine groups is 1. The molecule has 2 fully saturated rings. The number of hydrogen-bond donors (Lipinski definition) is 2. The Bertz CT molecular complexity index is 547. The minimum absolute atomic E-state index is 0.131. The van der Waals surface area contributed by atoms with E-state index in [4.69, 9.17) is 5.84 Å². The van der Waals surface area contributed by atoms with Crippen LogP contribution in [0.2, 0.25) is 0 Å². The first-order valence-electron chi connectivity index (χ1n) is 6.40. The number of anilines is 1. The van der Waals surface area contributed by atoms with Crippen LogP contribution in [-0.4, -0.2) is 35.8 Å². The summed E-state index contributed by atoms with van der Waals surface area (Å²) in [5.41, 5.74) is 2.28. The van der Waals surface area contributed by atoms with Crippen molar-refractivity contribution >= 4 is 16.0 Å². The van der Waals surface area contributed by atoms with Crippen molar-refractivity contribution in [2.45, 2.75) is 24.2 Å².